The monoisotopic (exact) mass is 382 g/mol. The number of aryl methyl sites for hydroxylation is 1. The molecular weight excluding hydrogens is 350 g/mol. The molecule has 2 aromatic rings. The highest BCUT2D eigenvalue weighted by Crippen LogP contribution is 2.39. The van der Waals surface area contributed by atoms with E-state index in [-0.39, 0.29) is 29.6 Å². The van der Waals surface area contributed by atoms with Gasteiger partial charge >= 0.3 is 0 Å². The lowest BCUT2D eigenvalue weighted by atomic mass is 9.78. The van der Waals surface area contributed by atoms with Crippen LogP contribution in [-0.4, -0.2) is 28.3 Å². The highest BCUT2D eigenvalue weighted by Gasteiger charge is 2.46. The molecule has 28 heavy (non-hydrogen) atoms. The summed E-state index contributed by atoms with van der Waals surface area (Å²) in [7, 11) is 1.60. The third-order valence-corrected chi connectivity index (χ3v) is 6.04. The topological polar surface area (TPSA) is 46.2 Å². The van der Waals surface area contributed by atoms with Crippen LogP contribution in [0.1, 0.15) is 57.1 Å². The van der Waals surface area contributed by atoms with Crippen LogP contribution in [0.3, 0.4) is 0 Å². The molecule has 3 rings (SSSR count). The van der Waals surface area contributed by atoms with Crippen LogP contribution < -0.4 is 4.57 Å². The van der Waals surface area contributed by atoms with Gasteiger partial charge in [0.05, 0.1) is 12.5 Å². The lowest BCUT2D eigenvalue weighted by molar-refractivity contribution is -0.687. The SMILES string of the molecule is CCCCn1cc[n+](Cc2ccc(C(CC)C3C(=O)N(C)C(=O)C3C)cc2)c1. The van der Waals surface area contributed by atoms with Crippen molar-refractivity contribution in [1.29, 1.82) is 0 Å². The van der Waals surface area contributed by atoms with Crippen molar-refractivity contribution in [1.82, 2.24) is 9.47 Å². The summed E-state index contributed by atoms with van der Waals surface area (Å²) in [4.78, 5) is 26.1. The Balaban J connectivity index is 1.71. The van der Waals surface area contributed by atoms with Crippen molar-refractivity contribution in [2.45, 2.75) is 59.0 Å². The van der Waals surface area contributed by atoms with E-state index >= 15 is 0 Å². The molecule has 1 fully saturated rings. The number of rotatable bonds is 8. The first-order valence-corrected chi connectivity index (χ1v) is 10.4. The van der Waals surface area contributed by atoms with E-state index in [9.17, 15) is 9.59 Å². The number of hydrogen-bond acceptors (Lipinski definition) is 2. The number of unbranched alkanes of at least 4 members (excludes halogenated alkanes) is 1. The Labute approximate surface area is 168 Å². The van der Waals surface area contributed by atoms with E-state index in [1.165, 1.54) is 23.3 Å². The van der Waals surface area contributed by atoms with E-state index in [1.54, 1.807) is 7.05 Å². The quantitative estimate of drug-likeness (QED) is 0.519. The Kier molecular flexibility index (Phi) is 6.32. The highest BCUT2D eigenvalue weighted by atomic mass is 16.2. The summed E-state index contributed by atoms with van der Waals surface area (Å²) in [6, 6.07) is 8.54. The summed E-state index contributed by atoms with van der Waals surface area (Å²) in [5.74, 6) is -0.532. The third-order valence-electron chi connectivity index (χ3n) is 6.04. The first-order chi connectivity index (χ1) is 13.5. The molecule has 1 saturated heterocycles. The van der Waals surface area contributed by atoms with Gasteiger partial charge in [0.25, 0.3) is 0 Å². The Hall–Kier alpha value is -2.43. The molecule has 1 aromatic heterocycles. The number of likely N-dealkylation sites (tertiary alicyclic amines) is 1. The average molecular weight is 383 g/mol. The first kappa shape index (κ1) is 20.3. The van der Waals surface area contributed by atoms with Crippen LogP contribution in [0.2, 0.25) is 0 Å². The molecule has 3 unspecified atom stereocenters. The van der Waals surface area contributed by atoms with Gasteiger partial charge in [0.15, 0.2) is 0 Å². The Morgan fingerprint density at radius 2 is 1.82 bits per heavy atom. The van der Waals surface area contributed by atoms with Crippen molar-refractivity contribution in [2.75, 3.05) is 7.05 Å². The minimum atomic E-state index is -0.254. The van der Waals surface area contributed by atoms with Gasteiger partial charge in [0.1, 0.15) is 18.9 Å². The van der Waals surface area contributed by atoms with Crippen molar-refractivity contribution in [2.24, 2.45) is 11.8 Å². The Bertz CT molecular complexity index is 825. The largest absolute Gasteiger partial charge is 0.285 e. The van der Waals surface area contributed by atoms with Gasteiger partial charge in [-0.15, -0.1) is 0 Å². The zero-order chi connectivity index (χ0) is 20.3. The second-order valence-corrected chi connectivity index (χ2v) is 7.98. The standard InChI is InChI=1S/C23H32N3O2/c1-5-7-12-25-13-14-26(16-25)15-18-8-10-19(11-9-18)20(6-2)21-17(3)22(27)24(4)23(21)28/h8-11,13-14,16-17,20-21H,5-7,12,15H2,1-4H3/q+1. The first-order valence-electron chi connectivity index (χ1n) is 10.4. The van der Waals surface area contributed by atoms with E-state index in [0.29, 0.717) is 0 Å². The maximum atomic E-state index is 12.6. The van der Waals surface area contributed by atoms with Gasteiger partial charge < -0.3 is 0 Å². The minimum Gasteiger partial charge on any atom is -0.285 e. The summed E-state index contributed by atoms with van der Waals surface area (Å²) < 4.78 is 4.42. The summed E-state index contributed by atoms with van der Waals surface area (Å²) in [6.07, 6.45) is 9.62. The molecule has 0 bridgehead atoms. The normalized spacial score (nSPS) is 20.8. The van der Waals surface area contributed by atoms with Crippen molar-refractivity contribution in [3.63, 3.8) is 0 Å². The lowest BCUT2D eigenvalue weighted by Crippen LogP contribution is -2.31. The molecule has 5 heteroatoms. The van der Waals surface area contributed by atoms with E-state index in [0.717, 1.165) is 25.1 Å². The number of hydrogen-bond donors (Lipinski definition) is 0. The molecule has 3 atom stereocenters. The van der Waals surface area contributed by atoms with Crippen molar-refractivity contribution in [3.05, 3.63) is 54.1 Å². The molecule has 2 heterocycles. The van der Waals surface area contributed by atoms with Crippen molar-refractivity contribution >= 4 is 11.8 Å². The van der Waals surface area contributed by atoms with Crippen LogP contribution in [-0.2, 0) is 22.7 Å². The smallest absolute Gasteiger partial charge is 0.244 e. The lowest BCUT2D eigenvalue weighted by Gasteiger charge is -2.23. The molecule has 0 radical (unpaired) electrons. The fraction of sp³-hybridized carbons (Fsp3) is 0.522. The van der Waals surface area contributed by atoms with E-state index in [4.69, 9.17) is 0 Å². The average Bonchev–Trinajstić information content (AvgIpc) is 3.22. The van der Waals surface area contributed by atoms with E-state index < -0.39 is 0 Å². The zero-order valence-corrected chi connectivity index (χ0v) is 17.5. The molecule has 5 nitrogen and oxygen atoms in total. The van der Waals surface area contributed by atoms with Crippen molar-refractivity contribution < 1.29 is 14.2 Å². The van der Waals surface area contributed by atoms with Crippen LogP contribution in [0.4, 0.5) is 0 Å². The number of carbonyl (C=O) groups excluding carboxylic acids is 2. The zero-order valence-electron chi connectivity index (χ0n) is 17.5. The fourth-order valence-corrected chi connectivity index (χ4v) is 4.31. The number of carbonyl (C=O) groups is 2. The van der Waals surface area contributed by atoms with E-state index in [1.807, 2.05) is 6.92 Å². The van der Waals surface area contributed by atoms with Gasteiger partial charge in [-0.1, -0.05) is 51.5 Å². The molecule has 1 aliphatic heterocycles. The molecule has 0 N–H and O–H groups in total. The predicted molar refractivity (Wildman–Crippen MR) is 109 cm³/mol. The molecule has 1 aromatic carbocycles. The highest BCUT2D eigenvalue weighted by molar-refractivity contribution is 6.05. The summed E-state index contributed by atoms with van der Waals surface area (Å²) in [5, 5.41) is 0. The number of amides is 2. The van der Waals surface area contributed by atoms with Gasteiger partial charge in [-0.3, -0.25) is 14.5 Å². The predicted octanol–water partition coefficient (Wildman–Crippen LogP) is 3.37. The molecule has 0 saturated carbocycles. The Morgan fingerprint density at radius 1 is 1.11 bits per heavy atom. The Morgan fingerprint density at radius 3 is 2.39 bits per heavy atom. The van der Waals surface area contributed by atoms with Gasteiger partial charge in [-0.05, 0) is 29.9 Å². The third kappa shape index (κ3) is 4.03. The van der Waals surface area contributed by atoms with Crippen LogP contribution in [0.15, 0.2) is 43.0 Å². The second kappa shape index (κ2) is 8.72. The number of nitrogens with zero attached hydrogens (tertiary/aromatic N) is 3. The van der Waals surface area contributed by atoms with E-state index in [2.05, 4.69) is 66.0 Å². The van der Waals surface area contributed by atoms with Gasteiger partial charge in [-0.2, -0.15) is 0 Å². The van der Waals surface area contributed by atoms with Crippen LogP contribution in [0.25, 0.3) is 0 Å². The maximum Gasteiger partial charge on any atom is 0.244 e. The summed E-state index contributed by atoms with van der Waals surface area (Å²) in [5.41, 5.74) is 2.38. The summed E-state index contributed by atoms with van der Waals surface area (Å²) >= 11 is 0. The van der Waals surface area contributed by atoms with Gasteiger partial charge in [0.2, 0.25) is 18.1 Å². The number of imidazole rings is 1. The second-order valence-electron chi connectivity index (χ2n) is 7.98. The molecular formula is C23H32N3O2+. The molecule has 0 spiro atoms. The fourth-order valence-electron chi connectivity index (χ4n) is 4.31. The maximum absolute atomic E-state index is 12.6. The number of aromatic nitrogens is 2. The molecule has 0 aliphatic carbocycles. The van der Waals surface area contributed by atoms with Crippen LogP contribution in [0, 0.1) is 11.8 Å². The molecule has 1 aliphatic rings. The molecule has 2 amide bonds. The minimum absolute atomic E-state index is 0.0441. The van der Waals surface area contributed by atoms with Crippen molar-refractivity contribution in [3.8, 4) is 0 Å². The van der Waals surface area contributed by atoms with Crippen LogP contribution in [0.5, 0.6) is 0 Å². The molecule has 150 valence electrons. The summed E-state index contributed by atoms with van der Waals surface area (Å²) in [6.45, 7) is 8.07. The van der Waals surface area contributed by atoms with Gasteiger partial charge in [0, 0.05) is 13.0 Å². The van der Waals surface area contributed by atoms with Crippen LogP contribution >= 0.6 is 0 Å². The number of benzene rings is 1. The number of imide groups is 1. The van der Waals surface area contributed by atoms with Gasteiger partial charge in [-0.25, -0.2) is 9.13 Å².